The first kappa shape index (κ1) is 11.5. The van der Waals surface area contributed by atoms with Crippen molar-refractivity contribution in [3.05, 3.63) is 0 Å². The van der Waals surface area contributed by atoms with Gasteiger partial charge in [-0.25, -0.2) is 0 Å². The largest absolute Gasteiger partial charge is 0.366 e. The number of hydrogen-bond acceptors (Lipinski definition) is 3. The van der Waals surface area contributed by atoms with Crippen molar-refractivity contribution in [2.24, 2.45) is 5.41 Å². The molecule has 14 heavy (non-hydrogen) atoms. The van der Waals surface area contributed by atoms with Crippen LogP contribution in [0.3, 0.4) is 0 Å². The van der Waals surface area contributed by atoms with Gasteiger partial charge < -0.3 is 15.4 Å². The zero-order chi connectivity index (χ0) is 10.6. The molecule has 0 saturated carbocycles. The van der Waals surface area contributed by atoms with Crippen LogP contribution in [0, 0.1) is 5.41 Å². The van der Waals surface area contributed by atoms with E-state index in [-0.39, 0.29) is 17.4 Å². The number of morpholine rings is 1. The molecule has 1 rings (SSSR count). The summed E-state index contributed by atoms with van der Waals surface area (Å²) in [4.78, 5) is 11.6. The number of carbonyl (C=O) groups is 1. The third-order valence-corrected chi connectivity index (χ3v) is 2.01. The molecule has 0 aromatic rings. The van der Waals surface area contributed by atoms with Gasteiger partial charge in [0.25, 0.3) is 0 Å². The molecule has 0 unspecified atom stereocenters. The van der Waals surface area contributed by atoms with Crippen LogP contribution in [-0.4, -0.2) is 38.3 Å². The highest BCUT2D eigenvalue weighted by atomic mass is 16.5. The molecule has 1 aliphatic heterocycles. The van der Waals surface area contributed by atoms with E-state index in [4.69, 9.17) is 4.74 Å². The Morgan fingerprint density at radius 2 is 2.29 bits per heavy atom. The molecule has 0 aromatic carbocycles. The predicted octanol–water partition coefficient (Wildman–Crippen LogP) is 0.137. The van der Waals surface area contributed by atoms with Gasteiger partial charge in [0.15, 0.2) is 0 Å². The lowest BCUT2D eigenvalue weighted by molar-refractivity contribution is -0.134. The second-order valence-corrected chi connectivity index (χ2v) is 4.84. The summed E-state index contributed by atoms with van der Waals surface area (Å²) in [5.74, 6) is -0.00729. The van der Waals surface area contributed by atoms with E-state index >= 15 is 0 Å². The van der Waals surface area contributed by atoms with Crippen LogP contribution in [-0.2, 0) is 9.53 Å². The summed E-state index contributed by atoms with van der Waals surface area (Å²) in [7, 11) is 0. The molecular formula is C10H20N2O2. The number of ether oxygens (including phenoxy) is 1. The Kier molecular flexibility index (Phi) is 3.89. The summed E-state index contributed by atoms with van der Waals surface area (Å²) in [6.45, 7) is 9.03. The van der Waals surface area contributed by atoms with Gasteiger partial charge >= 0.3 is 0 Å². The van der Waals surface area contributed by atoms with Crippen LogP contribution in [0.25, 0.3) is 0 Å². The Hall–Kier alpha value is -0.610. The Balaban J connectivity index is 2.27. The number of rotatable bonds is 2. The second kappa shape index (κ2) is 4.75. The van der Waals surface area contributed by atoms with Gasteiger partial charge in [0.05, 0.1) is 6.61 Å². The zero-order valence-corrected chi connectivity index (χ0v) is 9.22. The van der Waals surface area contributed by atoms with Crippen LogP contribution in [0.1, 0.15) is 20.8 Å². The van der Waals surface area contributed by atoms with E-state index in [1.165, 1.54) is 0 Å². The van der Waals surface area contributed by atoms with Crippen LogP contribution < -0.4 is 10.6 Å². The molecule has 0 aliphatic carbocycles. The highest BCUT2D eigenvalue weighted by Gasteiger charge is 2.22. The van der Waals surface area contributed by atoms with Gasteiger partial charge in [-0.15, -0.1) is 0 Å². The lowest BCUT2D eigenvalue weighted by Crippen LogP contribution is -2.49. The molecule has 1 amide bonds. The van der Waals surface area contributed by atoms with Gasteiger partial charge in [0.1, 0.15) is 6.10 Å². The lowest BCUT2D eigenvalue weighted by atomic mass is 9.97. The molecule has 0 spiro atoms. The van der Waals surface area contributed by atoms with Crippen LogP contribution in [0.2, 0.25) is 0 Å². The minimum atomic E-state index is -0.314. The van der Waals surface area contributed by atoms with E-state index in [9.17, 15) is 4.79 Å². The Morgan fingerprint density at radius 1 is 1.57 bits per heavy atom. The van der Waals surface area contributed by atoms with E-state index in [1.807, 2.05) is 0 Å². The summed E-state index contributed by atoms with van der Waals surface area (Å²) in [6, 6.07) is 0. The molecule has 4 heteroatoms. The van der Waals surface area contributed by atoms with Crippen LogP contribution in [0.4, 0.5) is 0 Å². The molecule has 1 fully saturated rings. The Labute approximate surface area is 85.4 Å². The molecule has 1 heterocycles. The number of hydrogen-bond donors (Lipinski definition) is 2. The second-order valence-electron chi connectivity index (χ2n) is 4.84. The fraction of sp³-hybridized carbons (Fsp3) is 0.900. The molecule has 1 atom stereocenters. The fourth-order valence-corrected chi connectivity index (χ4v) is 1.20. The van der Waals surface area contributed by atoms with Crippen molar-refractivity contribution in [3.8, 4) is 0 Å². The smallest absolute Gasteiger partial charge is 0.250 e. The highest BCUT2D eigenvalue weighted by Crippen LogP contribution is 2.10. The maximum Gasteiger partial charge on any atom is 0.250 e. The summed E-state index contributed by atoms with van der Waals surface area (Å²) < 4.78 is 5.33. The average Bonchev–Trinajstić information content (AvgIpc) is 2.14. The maximum absolute atomic E-state index is 11.6. The monoisotopic (exact) mass is 200 g/mol. The van der Waals surface area contributed by atoms with Gasteiger partial charge in [0, 0.05) is 19.6 Å². The van der Waals surface area contributed by atoms with Gasteiger partial charge in [0.2, 0.25) is 5.91 Å². The van der Waals surface area contributed by atoms with E-state index in [0.29, 0.717) is 19.7 Å². The highest BCUT2D eigenvalue weighted by molar-refractivity contribution is 5.81. The molecule has 0 radical (unpaired) electrons. The quantitative estimate of drug-likeness (QED) is 0.666. The van der Waals surface area contributed by atoms with Gasteiger partial charge in [-0.05, 0) is 5.41 Å². The van der Waals surface area contributed by atoms with Crippen molar-refractivity contribution in [3.63, 3.8) is 0 Å². The topological polar surface area (TPSA) is 50.4 Å². The van der Waals surface area contributed by atoms with E-state index < -0.39 is 0 Å². The third kappa shape index (κ3) is 4.07. The fourth-order valence-electron chi connectivity index (χ4n) is 1.20. The number of nitrogens with one attached hydrogen (secondary N) is 2. The Bertz CT molecular complexity index is 193. The predicted molar refractivity (Wildman–Crippen MR) is 55.1 cm³/mol. The number of carbonyl (C=O) groups excluding carboxylic acids is 1. The molecule has 82 valence electrons. The van der Waals surface area contributed by atoms with Crippen LogP contribution >= 0.6 is 0 Å². The van der Waals surface area contributed by atoms with Crippen molar-refractivity contribution in [1.82, 2.24) is 10.6 Å². The first-order chi connectivity index (χ1) is 6.49. The van der Waals surface area contributed by atoms with E-state index in [2.05, 4.69) is 31.4 Å². The summed E-state index contributed by atoms with van der Waals surface area (Å²) in [6.07, 6.45) is -0.314. The van der Waals surface area contributed by atoms with Gasteiger partial charge in [-0.2, -0.15) is 0 Å². The summed E-state index contributed by atoms with van der Waals surface area (Å²) >= 11 is 0. The van der Waals surface area contributed by atoms with Crippen LogP contribution in [0.5, 0.6) is 0 Å². The van der Waals surface area contributed by atoms with Crippen molar-refractivity contribution in [1.29, 1.82) is 0 Å². The summed E-state index contributed by atoms with van der Waals surface area (Å²) in [5.41, 5.74) is 0.123. The first-order valence-electron chi connectivity index (χ1n) is 5.09. The standard InChI is InChI=1S/C10H20N2O2/c1-10(2,3)7-12-9(13)8-6-11-4-5-14-8/h8,11H,4-7H2,1-3H3,(H,12,13)/t8-/m1/s1. The molecule has 2 N–H and O–H groups in total. The van der Waals surface area contributed by atoms with Crippen molar-refractivity contribution < 1.29 is 9.53 Å². The number of amides is 1. The first-order valence-corrected chi connectivity index (χ1v) is 5.09. The molecule has 1 aliphatic rings. The van der Waals surface area contributed by atoms with Crippen LogP contribution in [0.15, 0.2) is 0 Å². The minimum absolute atomic E-state index is 0.00729. The third-order valence-electron chi connectivity index (χ3n) is 2.01. The Morgan fingerprint density at radius 3 is 2.79 bits per heavy atom. The molecular weight excluding hydrogens is 180 g/mol. The average molecular weight is 200 g/mol. The van der Waals surface area contributed by atoms with Gasteiger partial charge in [-0.1, -0.05) is 20.8 Å². The molecule has 0 bridgehead atoms. The van der Waals surface area contributed by atoms with Gasteiger partial charge in [-0.3, -0.25) is 4.79 Å². The van der Waals surface area contributed by atoms with Crippen molar-refractivity contribution in [2.45, 2.75) is 26.9 Å². The lowest BCUT2D eigenvalue weighted by Gasteiger charge is -2.25. The van der Waals surface area contributed by atoms with Crippen molar-refractivity contribution in [2.75, 3.05) is 26.2 Å². The van der Waals surface area contributed by atoms with E-state index in [1.54, 1.807) is 0 Å². The SMILES string of the molecule is CC(C)(C)CNC(=O)[C@H]1CNCCO1. The zero-order valence-electron chi connectivity index (χ0n) is 9.22. The summed E-state index contributed by atoms with van der Waals surface area (Å²) in [5, 5.41) is 6.02. The maximum atomic E-state index is 11.6. The normalized spacial score (nSPS) is 23.2. The van der Waals surface area contributed by atoms with E-state index in [0.717, 1.165) is 6.54 Å². The molecule has 4 nitrogen and oxygen atoms in total. The van der Waals surface area contributed by atoms with Crippen molar-refractivity contribution >= 4 is 5.91 Å². The minimum Gasteiger partial charge on any atom is -0.366 e. The molecule has 1 saturated heterocycles. The molecule has 0 aromatic heterocycles.